The summed E-state index contributed by atoms with van der Waals surface area (Å²) in [6, 6.07) is 0. The van der Waals surface area contributed by atoms with E-state index in [4.69, 9.17) is 0 Å². The summed E-state index contributed by atoms with van der Waals surface area (Å²) in [5, 5.41) is 9.33. The van der Waals surface area contributed by atoms with Crippen LogP contribution in [0.25, 0.3) is 0 Å². The summed E-state index contributed by atoms with van der Waals surface area (Å²) in [5.41, 5.74) is 4.67. The number of carboxylic acid groups (broad SMARTS) is 1. The Bertz CT molecular complexity index is 832. The molecule has 1 heterocycles. The third-order valence-electron chi connectivity index (χ3n) is 5.90. The van der Waals surface area contributed by atoms with Gasteiger partial charge in [0.25, 0.3) is 0 Å². The molecule has 144 valence electrons. The number of aromatic nitrogens is 1. The van der Waals surface area contributed by atoms with Crippen molar-refractivity contribution < 1.29 is 18.3 Å². The van der Waals surface area contributed by atoms with Gasteiger partial charge in [-0.3, -0.25) is 4.79 Å². The molecule has 1 atom stereocenters. The summed E-state index contributed by atoms with van der Waals surface area (Å²) in [6.07, 6.45) is 11.9. The minimum atomic E-state index is -3.19. The molecular formula is C20H29NO4S. The monoisotopic (exact) mass is 379 g/mol. The van der Waals surface area contributed by atoms with E-state index in [2.05, 4.69) is 0 Å². The van der Waals surface area contributed by atoms with E-state index < -0.39 is 15.8 Å². The molecule has 1 unspecified atom stereocenters. The fraction of sp³-hybridized carbons (Fsp3) is 0.650. The van der Waals surface area contributed by atoms with Gasteiger partial charge in [0, 0.05) is 22.5 Å². The van der Waals surface area contributed by atoms with E-state index in [0.29, 0.717) is 11.3 Å². The van der Waals surface area contributed by atoms with E-state index in [0.717, 1.165) is 62.8 Å². The number of hydrogen-bond donors (Lipinski definition) is 1. The molecule has 0 bridgehead atoms. The van der Waals surface area contributed by atoms with E-state index in [-0.39, 0.29) is 12.5 Å². The van der Waals surface area contributed by atoms with Crippen molar-refractivity contribution in [2.24, 2.45) is 5.92 Å². The number of carbonyl (C=O) groups is 1. The predicted molar refractivity (Wildman–Crippen MR) is 102 cm³/mol. The van der Waals surface area contributed by atoms with E-state index >= 15 is 0 Å². The summed E-state index contributed by atoms with van der Waals surface area (Å²) in [7, 11) is -3.19. The third-order valence-corrected chi connectivity index (χ3v) is 7.25. The zero-order chi connectivity index (χ0) is 18.9. The van der Waals surface area contributed by atoms with Crippen LogP contribution in [-0.2, 0) is 40.4 Å². The molecule has 0 saturated heterocycles. The molecule has 1 N–H and O–H groups in total. The number of nitrogens with zero attached hydrogens (tertiary/aromatic N) is 1. The van der Waals surface area contributed by atoms with Crippen molar-refractivity contribution in [3.8, 4) is 0 Å². The van der Waals surface area contributed by atoms with Gasteiger partial charge in [0.2, 0.25) is 0 Å². The molecule has 0 saturated carbocycles. The highest BCUT2D eigenvalue weighted by Crippen LogP contribution is 2.36. The molecule has 1 aromatic rings. The third kappa shape index (κ3) is 3.90. The van der Waals surface area contributed by atoms with Gasteiger partial charge in [-0.2, -0.15) is 0 Å². The van der Waals surface area contributed by atoms with Gasteiger partial charge in [0.15, 0.2) is 9.84 Å². The van der Waals surface area contributed by atoms with E-state index in [9.17, 15) is 18.3 Å². The quantitative estimate of drug-likeness (QED) is 0.795. The highest BCUT2D eigenvalue weighted by Gasteiger charge is 2.29. The zero-order valence-corrected chi connectivity index (χ0v) is 16.6. The van der Waals surface area contributed by atoms with Gasteiger partial charge < -0.3 is 9.67 Å². The van der Waals surface area contributed by atoms with Crippen LogP contribution < -0.4 is 0 Å². The SMILES string of the molecule is Cc1c(CC2CCCC=C2S(C)(=O)=O)c2c(n1CC(=O)O)CCCCC2. The molecule has 0 radical (unpaired) electrons. The Morgan fingerprint density at radius 1 is 1.23 bits per heavy atom. The maximum Gasteiger partial charge on any atom is 0.323 e. The van der Waals surface area contributed by atoms with E-state index in [1.54, 1.807) is 0 Å². The van der Waals surface area contributed by atoms with Gasteiger partial charge in [-0.15, -0.1) is 0 Å². The second-order valence-electron chi connectivity index (χ2n) is 7.74. The summed E-state index contributed by atoms with van der Waals surface area (Å²) >= 11 is 0. The second-order valence-corrected chi connectivity index (χ2v) is 9.76. The van der Waals surface area contributed by atoms with E-state index in [1.165, 1.54) is 17.4 Å². The van der Waals surface area contributed by atoms with Crippen molar-refractivity contribution in [3.05, 3.63) is 33.5 Å². The van der Waals surface area contributed by atoms with Crippen molar-refractivity contribution >= 4 is 15.8 Å². The maximum atomic E-state index is 12.2. The number of aliphatic carboxylic acids is 1. The Kier molecular flexibility index (Phi) is 5.61. The fourth-order valence-corrected chi connectivity index (χ4v) is 5.94. The lowest BCUT2D eigenvalue weighted by molar-refractivity contribution is -0.137. The lowest BCUT2D eigenvalue weighted by Crippen LogP contribution is -2.19. The molecular weight excluding hydrogens is 350 g/mol. The average molecular weight is 380 g/mol. The Hall–Kier alpha value is -1.56. The van der Waals surface area contributed by atoms with E-state index in [1.807, 2.05) is 17.6 Å². The van der Waals surface area contributed by atoms with Gasteiger partial charge in [0.05, 0.1) is 0 Å². The van der Waals surface area contributed by atoms with Crippen molar-refractivity contribution in [1.82, 2.24) is 4.57 Å². The first-order valence-corrected chi connectivity index (χ1v) is 11.5. The maximum absolute atomic E-state index is 12.2. The van der Waals surface area contributed by atoms with Gasteiger partial charge in [-0.1, -0.05) is 12.5 Å². The molecule has 2 aliphatic carbocycles. The number of hydrogen-bond acceptors (Lipinski definition) is 3. The van der Waals surface area contributed by atoms with Crippen molar-refractivity contribution in [1.29, 1.82) is 0 Å². The lowest BCUT2D eigenvalue weighted by atomic mass is 9.87. The van der Waals surface area contributed by atoms with Crippen LogP contribution in [0.2, 0.25) is 0 Å². The topological polar surface area (TPSA) is 76.4 Å². The Morgan fingerprint density at radius 3 is 2.65 bits per heavy atom. The van der Waals surface area contributed by atoms with Crippen LogP contribution in [0.1, 0.15) is 61.0 Å². The fourth-order valence-electron chi connectivity index (χ4n) is 4.71. The standard InChI is InChI=1S/C20H29NO4S/c1-14-17(12-15-8-6-7-11-19(15)26(2,24)25)16-9-4-3-5-10-18(16)21(14)13-20(22)23/h11,15H,3-10,12-13H2,1-2H3,(H,22,23). The number of fused-ring (bicyclic) bond motifs is 1. The zero-order valence-electron chi connectivity index (χ0n) is 15.8. The van der Waals surface area contributed by atoms with Crippen LogP contribution in [0, 0.1) is 12.8 Å². The molecule has 3 rings (SSSR count). The van der Waals surface area contributed by atoms with Crippen LogP contribution in [0.4, 0.5) is 0 Å². The van der Waals surface area contributed by atoms with Crippen molar-refractivity contribution in [2.75, 3.05) is 6.26 Å². The number of allylic oxidation sites excluding steroid dienone is 2. The summed E-state index contributed by atoms with van der Waals surface area (Å²) in [4.78, 5) is 11.9. The molecule has 0 amide bonds. The summed E-state index contributed by atoms with van der Waals surface area (Å²) in [6.45, 7) is 1.99. The highest BCUT2D eigenvalue weighted by atomic mass is 32.2. The molecule has 0 aliphatic heterocycles. The number of rotatable bonds is 5. The Balaban J connectivity index is 2.02. The minimum Gasteiger partial charge on any atom is -0.480 e. The smallest absolute Gasteiger partial charge is 0.323 e. The van der Waals surface area contributed by atoms with Crippen molar-refractivity contribution in [2.45, 2.75) is 71.3 Å². The molecule has 26 heavy (non-hydrogen) atoms. The number of carboxylic acids is 1. The molecule has 1 aromatic heterocycles. The van der Waals surface area contributed by atoms with Crippen LogP contribution in [-0.4, -0.2) is 30.3 Å². The molecule has 0 fully saturated rings. The van der Waals surface area contributed by atoms with Gasteiger partial charge in [0.1, 0.15) is 6.54 Å². The second kappa shape index (κ2) is 7.59. The largest absolute Gasteiger partial charge is 0.480 e. The van der Waals surface area contributed by atoms with Gasteiger partial charge >= 0.3 is 5.97 Å². The molecule has 0 spiro atoms. The summed E-state index contributed by atoms with van der Waals surface area (Å²) in [5.74, 6) is -0.804. The average Bonchev–Trinajstić information content (AvgIpc) is 2.74. The van der Waals surface area contributed by atoms with Crippen LogP contribution in [0.3, 0.4) is 0 Å². The first-order chi connectivity index (χ1) is 12.3. The van der Waals surface area contributed by atoms with Crippen LogP contribution in [0.5, 0.6) is 0 Å². The highest BCUT2D eigenvalue weighted by molar-refractivity contribution is 7.94. The minimum absolute atomic E-state index is 0.00634. The summed E-state index contributed by atoms with van der Waals surface area (Å²) < 4.78 is 26.4. The molecule has 0 aromatic carbocycles. The van der Waals surface area contributed by atoms with Crippen molar-refractivity contribution in [3.63, 3.8) is 0 Å². The Labute approximate surface area is 156 Å². The molecule has 2 aliphatic rings. The number of sulfone groups is 1. The van der Waals surface area contributed by atoms with Gasteiger partial charge in [-0.05, 0) is 75.3 Å². The van der Waals surface area contributed by atoms with Gasteiger partial charge in [-0.25, -0.2) is 8.42 Å². The van der Waals surface area contributed by atoms with Crippen LogP contribution >= 0.6 is 0 Å². The van der Waals surface area contributed by atoms with Crippen LogP contribution in [0.15, 0.2) is 11.0 Å². The lowest BCUT2D eigenvalue weighted by Gasteiger charge is -2.24. The molecule has 6 heteroatoms. The predicted octanol–water partition coefficient (Wildman–Crippen LogP) is 3.42. The molecule has 5 nitrogen and oxygen atoms in total. The first kappa shape index (κ1) is 19.2. The first-order valence-electron chi connectivity index (χ1n) is 9.60. The Morgan fingerprint density at radius 2 is 1.96 bits per heavy atom. The normalized spacial score (nSPS) is 21.0.